The van der Waals surface area contributed by atoms with Gasteiger partial charge in [0.2, 0.25) is 9.04 Å². The quantitative estimate of drug-likeness (QED) is 0.585. The first-order valence-corrected chi connectivity index (χ1v) is 6.04. The van der Waals surface area contributed by atoms with Gasteiger partial charge in [-0.3, -0.25) is 4.79 Å². The van der Waals surface area contributed by atoms with Crippen LogP contribution in [0.1, 0.15) is 27.2 Å². The van der Waals surface area contributed by atoms with Gasteiger partial charge in [0.15, 0.2) is 0 Å². The lowest BCUT2D eigenvalue weighted by Gasteiger charge is -2.10. The normalized spacial score (nSPS) is 10.0. The fraction of sp³-hybridized carbons (Fsp3) is 0.857. The molecule has 0 rings (SSSR count). The molecule has 0 aliphatic heterocycles. The summed E-state index contributed by atoms with van der Waals surface area (Å²) in [5.74, 6) is -0.0274. The highest BCUT2D eigenvalue weighted by atomic mass is 28.3. The first kappa shape index (κ1) is 9.69. The molecule has 0 amide bonds. The van der Waals surface area contributed by atoms with E-state index in [1.165, 1.54) is 0 Å². The summed E-state index contributed by atoms with van der Waals surface area (Å²) in [5.41, 5.74) is 0. The second-order valence-electron chi connectivity index (χ2n) is 2.28. The maximum Gasteiger partial charge on any atom is 0.292 e. The average molecular weight is 160 g/mol. The van der Waals surface area contributed by atoms with Crippen LogP contribution in [0.25, 0.3) is 0 Å². The summed E-state index contributed by atoms with van der Waals surface area (Å²) in [5, 5.41) is 0. The third-order valence-corrected chi connectivity index (χ3v) is 3.92. The van der Waals surface area contributed by atoms with E-state index in [0.29, 0.717) is 6.42 Å². The maximum atomic E-state index is 10.8. The van der Waals surface area contributed by atoms with Crippen molar-refractivity contribution in [1.29, 1.82) is 0 Å². The molecule has 0 radical (unpaired) electrons. The minimum atomic E-state index is -1.12. The van der Waals surface area contributed by atoms with Gasteiger partial charge in [0.1, 0.15) is 0 Å². The Bertz CT molecular complexity index is 99.8. The van der Waals surface area contributed by atoms with Gasteiger partial charge in [0.05, 0.1) is 0 Å². The van der Waals surface area contributed by atoms with E-state index in [2.05, 4.69) is 13.8 Å². The highest BCUT2D eigenvalue weighted by molar-refractivity contribution is 6.53. The Hall–Kier alpha value is -0.313. The fourth-order valence-electron chi connectivity index (χ4n) is 0.725. The van der Waals surface area contributed by atoms with Gasteiger partial charge in [-0.2, -0.15) is 0 Å². The summed E-state index contributed by atoms with van der Waals surface area (Å²) in [6.07, 6.45) is 0.517. The topological polar surface area (TPSA) is 26.3 Å². The zero-order chi connectivity index (χ0) is 7.98. The third-order valence-electron chi connectivity index (χ3n) is 1.50. The zero-order valence-corrected chi connectivity index (χ0v) is 8.17. The van der Waals surface area contributed by atoms with Crippen molar-refractivity contribution in [1.82, 2.24) is 0 Å². The van der Waals surface area contributed by atoms with E-state index in [-0.39, 0.29) is 5.97 Å². The molecule has 0 heterocycles. The van der Waals surface area contributed by atoms with Crippen LogP contribution in [0.3, 0.4) is 0 Å². The Morgan fingerprint density at radius 3 is 2.10 bits per heavy atom. The Balaban J connectivity index is 3.52. The molecule has 3 heteroatoms. The number of carbonyl (C=O) groups excluding carboxylic acids is 1. The van der Waals surface area contributed by atoms with Crippen molar-refractivity contribution >= 4 is 15.0 Å². The van der Waals surface area contributed by atoms with Crippen molar-refractivity contribution in [3.8, 4) is 0 Å². The molecule has 0 atom stereocenters. The Labute approximate surface area is 64.3 Å². The van der Waals surface area contributed by atoms with Gasteiger partial charge in [-0.05, 0) is 12.1 Å². The number of hydrogen-bond acceptors (Lipinski definition) is 2. The largest absolute Gasteiger partial charge is 0.522 e. The highest BCUT2D eigenvalue weighted by Gasteiger charge is 2.09. The van der Waals surface area contributed by atoms with Crippen molar-refractivity contribution in [3.05, 3.63) is 0 Å². The van der Waals surface area contributed by atoms with Crippen LogP contribution in [0.4, 0.5) is 0 Å². The van der Waals surface area contributed by atoms with Gasteiger partial charge in [-0.15, -0.1) is 0 Å². The number of rotatable bonds is 4. The van der Waals surface area contributed by atoms with Crippen LogP contribution in [0.15, 0.2) is 0 Å². The van der Waals surface area contributed by atoms with Gasteiger partial charge in [-0.1, -0.05) is 20.8 Å². The second-order valence-corrected chi connectivity index (χ2v) is 5.39. The molecular formula is C7H16O2Si. The van der Waals surface area contributed by atoms with Crippen LogP contribution >= 0.6 is 0 Å². The molecular weight excluding hydrogens is 144 g/mol. The van der Waals surface area contributed by atoms with Crippen molar-refractivity contribution < 1.29 is 9.22 Å². The van der Waals surface area contributed by atoms with Gasteiger partial charge in [0.25, 0.3) is 5.97 Å². The Morgan fingerprint density at radius 2 is 1.80 bits per heavy atom. The predicted molar refractivity (Wildman–Crippen MR) is 44.5 cm³/mol. The summed E-state index contributed by atoms with van der Waals surface area (Å²) < 4.78 is 5.20. The van der Waals surface area contributed by atoms with Gasteiger partial charge in [-0.25, -0.2) is 0 Å². The van der Waals surface area contributed by atoms with Gasteiger partial charge >= 0.3 is 0 Å². The molecule has 0 spiro atoms. The van der Waals surface area contributed by atoms with Crippen LogP contribution in [0, 0.1) is 0 Å². The molecule has 2 nitrogen and oxygen atoms in total. The Morgan fingerprint density at radius 1 is 1.30 bits per heavy atom. The fourth-order valence-corrected chi connectivity index (χ4v) is 2.17. The predicted octanol–water partition coefficient (Wildman–Crippen LogP) is 1.70. The van der Waals surface area contributed by atoms with Crippen LogP contribution in [0.2, 0.25) is 12.1 Å². The van der Waals surface area contributed by atoms with Crippen LogP contribution in [-0.4, -0.2) is 15.0 Å². The van der Waals surface area contributed by atoms with E-state index < -0.39 is 9.04 Å². The average Bonchev–Trinajstić information content (AvgIpc) is 1.99. The van der Waals surface area contributed by atoms with E-state index >= 15 is 0 Å². The molecule has 0 N–H and O–H groups in total. The van der Waals surface area contributed by atoms with Gasteiger partial charge in [0, 0.05) is 6.42 Å². The lowest BCUT2D eigenvalue weighted by Crippen LogP contribution is -2.19. The van der Waals surface area contributed by atoms with Crippen LogP contribution in [0.5, 0.6) is 0 Å². The molecule has 0 aliphatic carbocycles. The molecule has 10 heavy (non-hydrogen) atoms. The van der Waals surface area contributed by atoms with E-state index in [4.69, 9.17) is 4.43 Å². The minimum absolute atomic E-state index is 0.0274. The SMILES string of the molecule is CCC(=O)O[SiH](CC)CC. The lowest BCUT2D eigenvalue weighted by molar-refractivity contribution is -0.134. The first-order valence-electron chi connectivity index (χ1n) is 3.94. The molecule has 0 unspecified atom stereocenters. The number of hydrogen-bond donors (Lipinski definition) is 0. The molecule has 60 valence electrons. The lowest BCUT2D eigenvalue weighted by atomic mass is 10.5. The minimum Gasteiger partial charge on any atom is -0.522 e. The highest BCUT2D eigenvalue weighted by Crippen LogP contribution is 2.00. The van der Waals surface area contributed by atoms with E-state index in [0.717, 1.165) is 12.1 Å². The third kappa shape index (κ3) is 3.66. The van der Waals surface area contributed by atoms with E-state index in [9.17, 15) is 4.79 Å². The maximum absolute atomic E-state index is 10.8. The molecule has 0 aliphatic rings. The summed E-state index contributed by atoms with van der Waals surface area (Å²) in [6, 6.07) is 2.12. The standard InChI is InChI=1S/C7H16O2Si/c1-4-7(8)9-10(5-2)6-3/h10H,4-6H2,1-3H3. The number of carbonyl (C=O) groups is 1. The second kappa shape index (κ2) is 5.47. The molecule has 0 bridgehead atoms. The zero-order valence-electron chi connectivity index (χ0n) is 7.02. The Kier molecular flexibility index (Phi) is 5.30. The molecule has 0 saturated heterocycles. The van der Waals surface area contributed by atoms with Gasteiger partial charge < -0.3 is 4.43 Å². The van der Waals surface area contributed by atoms with Crippen molar-refractivity contribution in [2.24, 2.45) is 0 Å². The first-order chi connectivity index (χ1) is 4.74. The molecule has 0 saturated carbocycles. The molecule has 0 aromatic heterocycles. The molecule has 0 fully saturated rings. The van der Waals surface area contributed by atoms with Crippen molar-refractivity contribution in [2.45, 2.75) is 39.3 Å². The summed E-state index contributed by atoms with van der Waals surface area (Å²) in [7, 11) is -1.12. The van der Waals surface area contributed by atoms with E-state index in [1.807, 2.05) is 6.92 Å². The van der Waals surface area contributed by atoms with E-state index in [1.54, 1.807) is 0 Å². The van der Waals surface area contributed by atoms with Crippen molar-refractivity contribution in [3.63, 3.8) is 0 Å². The van der Waals surface area contributed by atoms with Crippen LogP contribution < -0.4 is 0 Å². The summed E-state index contributed by atoms with van der Waals surface area (Å²) in [6.45, 7) is 6.01. The van der Waals surface area contributed by atoms with Crippen LogP contribution in [-0.2, 0) is 9.22 Å². The monoisotopic (exact) mass is 160 g/mol. The van der Waals surface area contributed by atoms with Crippen molar-refractivity contribution in [2.75, 3.05) is 0 Å². The summed E-state index contributed by atoms with van der Waals surface area (Å²) in [4.78, 5) is 10.8. The smallest absolute Gasteiger partial charge is 0.292 e. The summed E-state index contributed by atoms with van der Waals surface area (Å²) >= 11 is 0. The molecule has 0 aromatic rings. The molecule has 0 aromatic carbocycles.